The standard InChI is InChI=1S/C17H27N3O2/c18-17(7-8-17)15(22)19-11-9-16(12-19)6-3-10-20(14(16)21)13-4-1-2-5-13/h13H,1-12,18H2. The topological polar surface area (TPSA) is 66.6 Å². The Hall–Kier alpha value is -1.10. The van der Waals surface area contributed by atoms with Crippen molar-refractivity contribution in [1.29, 1.82) is 0 Å². The van der Waals surface area contributed by atoms with Crippen molar-refractivity contribution < 1.29 is 9.59 Å². The van der Waals surface area contributed by atoms with Crippen LogP contribution in [0.1, 0.15) is 57.8 Å². The molecule has 1 spiro atoms. The van der Waals surface area contributed by atoms with Gasteiger partial charge in [-0.3, -0.25) is 9.59 Å². The van der Waals surface area contributed by atoms with Crippen molar-refractivity contribution in [3.8, 4) is 0 Å². The molecule has 5 heteroatoms. The molecule has 4 aliphatic rings. The molecule has 1 unspecified atom stereocenters. The number of nitrogens with zero attached hydrogens (tertiary/aromatic N) is 2. The second-order valence-electron chi connectivity index (χ2n) is 7.95. The quantitative estimate of drug-likeness (QED) is 0.835. The van der Waals surface area contributed by atoms with E-state index in [1.807, 2.05) is 4.90 Å². The molecule has 4 rings (SSSR count). The van der Waals surface area contributed by atoms with Gasteiger partial charge in [0.05, 0.1) is 11.0 Å². The van der Waals surface area contributed by atoms with Crippen LogP contribution in [-0.2, 0) is 9.59 Å². The number of hydrogen-bond donors (Lipinski definition) is 1. The summed E-state index contributed by atoms with van der Waals surface area (Å²) in [5, 5.41) is 0. The molecule has 2 saturated heterocycles. The minimum Gasteiger partial charge on any atom is -0.340 e. The summed E-state index contributed by atoms with van der Waals surface area (Å²) in [7, 11) is 0. The van der Waals surface area contributed by atoms with E-state index in [9.17, 15) is 9.59 Å². The summed E-state index contributed by atoms with van der Waals surface area (Å²) in [4.78, 5) is 29.6. The Bertz CT molecular complexity index is 496. The SMILES string of the molecule is NC1(C(=O)N2CCC3(CCCN(C4CCCC4)C3=O)C2)CC1. The smallest absolute Gasteiger partial charge is 0.242 e. The maximum Gasteiger partial charge on any atom is 0.242 e. The van der Waals surface area contributed by atoms with Gasteiger partial charge in [0.1, 0.15) is 0 Å². The van der Waals surface area contributed by atoms with Gasteiger partial charge in [0, 0.05) is 25.7 Å². The maximum atomic E-state index is 13.1. The average molecular weight is 305 g/mol. The molecule has 4 fully saturated rings. The number of rotatable bonds is 2. The predicted octanol–water partition coefficient (Wildman–Crippen LogP) is 1.26. The third-order valence-electron chi connectivity index (χ3n) is 6.39. The van der Waals surface area contributed by atoms with Crippen LogP contribution >= 0.6 is 0 Å². The Morgan fingerprint density at radius 1 is 1.05 bits per heavy atom. The maximum absolute atomic E-state index is 13.1. The normalized spacial score (nSPS) is 34.7. The first kappa shape index (κ1) is 14.5. The van der Waals surface area contributed by atoms with Crippen LogP contribution in [0.3, 0.4) is 0 Å². The zero-order chi connectivity index (χ0) is 15.4. The van der Waals surface area contributed by atoms with E-state index < -0.39 is 5.54 Å². The van der Waals surface area contributed by atoms with E-state index in [1.165, 1.54) is 12.8 Å². The molecule has 2 aliphatic heterocycles. The number of nitrogens with two attached hydrogens (primary N) is 1. The molecule has 122 valence electrons. The number of carbonyl (C=O) groups excluding carboxylic acids is 2. The summed E-state index contributed by atoms with van der Waals surface area (Å²) in [6.45, 7) is 2.23. The van der Waals surface area contributed by atoms with Gasteiger partial charge in [-0.15, -0.1) is 0 Å². The van der Waals surface area contributed by atoms with Gasteiger partial charge in [-0.05, 0) is 44.9 Å². The van der Waals surface area contributed by atoms with Crippen molar-refractivity contribution in [3.05, 3.63) is 0 Å². The van der Waals surface area contributed by atoms with Crippen molar-refractivity contribution in [2.75, 3.05) is 19.6 Å². The predicted molar refractivity (Wildman–Crippen MR) is 83.0 cm³/mol. The zero-order valence-electron chi connectivity index (χ0n) is 13.4. The Kier molecular flexibility index (Phi) is 3.26. The van der Waals surface area contributed by atoms with Crippen LogP contribution in [0.25, 0.3) is 0 Å². The summed E-state index contributed by atoms with van der Waals surface area (Å²) >= 11 is 0. The lowest BCUT2D eigenvalue weighted by Crippen LogP contribution is -2.54. The first-order valence-corrected chi connectivity index (χ1v) is 8.94. The number of carbonyl (C=O) groups is 2. The van der Waals surface area contributed by atoms with Crippen molar-refractivity contribution in [2.45, 2.75) is 69.4 Å². The molecule has 0 aromatic carbocycles. The fourth-order valence-corrected chi connectivity index (χ4v) is 4.75. The molecule has 1 atom stereocenters. The number of piperidine rings is 1. The molecule has 0 aromatic rings. The van der Waals surface area contributed by atoms with Gasteiger partial charge >= 0.3 is 0 Å². The fourth-order valence-electron chi connectivity index (χ4n) is 4.75. The van der Waals surface area contributed by atoms with Crippen LogP contribution in [0.4, 0.5) is 0 Å². The third kappa shape index (κ3) is 2.16. The molecule has 0 aromatic heterocycles. The largest absolute Gasteiger partial charge is 0.340 e. The number of amides is 2. The van der Waals surface area contributed by atoms with Gasteiger partial charge in [0.25, 0.3) is 0 Å². The Labute approximate surface area is 132 Å². The van der Waals surface area contributed by atoms with Gasteiger partial charge in [-0.25, -0.2) is 0 Å². The van der Waals surface area contributed by atoms with Crippen molar-refractivity contribution in [3.63, 3.8) is 0 Å². The molecule has 2 saturated carbocycles. The molecule has 2 amide bonds. The van der Waals surface area contributed by atoms with Gasteiger partial charge < -0.3 is 15.5 Å². The Morgan fingerprint density at radius 2 is 1.77 bits per heavy atom. The van der Waals surface area contributed by atoms with E-state index in [2.05, 4.69) is 4.90 Å². The molecule has 0 radical (unpaired) electrons. The van der Waals surface area contributed by atoms with E-state index in [0.717, 1.165) is 51.5 Å². The highest BCUT2D eigenvalue weighted by molar-refractivity contribution is 5.91. The zero-order valence-corrected chi connectivity index (χ0v) is 13.4. The Balaban J connectivity index is 1.49. The molecule has 2 aliphatic carbocycles. The van der Waals surface area contributed by atoms with Gasteiger partial charge in [-0.1, -0.05) is 12.8 Å². The summed E-state index contributed by atoms with van der Waals surface area (Å²) in [6.07, 6.45) is 9.29. The fraction of sp³-hybridized carbons (Fsp3) is 0.882. The van der Waals surface area contributed by atoms with E-state index in [4.69, 9.17) is 5.73 Å². The van der Waals surface area contributed by atoms with Gasteiger partial charge in [0.15, 0.2) is 0 Å². The van der Waals surface area contributed by atoms with E-state index in [-0.39, 0.29) is 11.3 Å². The van der Waals surface area contributed by atoms with Crippen LogP contribution in [-0.4, -0.2) is 52.8 Å². The highest BCUT2D eigenvalue weighted by Gasteiger charge is 2.55. The summed E-state index contributed by atoms with van der Waals surface area (Å²) in [5.41, 5.74) is 5.16. The third-order valence-corrected chi connectivity index (χ3v) is 6.39. The highest BCUT2D eigenvalue weighted by Crippen LogP contribution is 2.44. The highest BCUT2D eigenvalue weighted by atomic mass is 16.2. The summed E-state index contributed by atoms with van der Waals surface area (Å²) < 4.78 is 0. The molecule has 2 heterocycles. The van der Waals surface area contributed by atoms with Crippen molar-refractivity contribution >= 4 is 11.8 Å². The number of hydrogen-bond acceptors (Lipinski definition) is 3. The molecular weight excluding hydrogens is 278 g/mol. The van der Waals surface area contributed by atoms with Crippen LogP contribution in [0.5, 0.6) is 0 Å². The van der Waals surface area contributed by atoms with E-state index in [0.29, 0.717) is 25.0 Å². The lowest BCUT2D eigenvalue weighted by atomic mass is 9.77. The molecule has 2 N–H and O–H groups in total. The lowest BCUT2D eigenvalue weighted by Gasteiger charge is -2.42. The minimum atomic E-state index is -0.603. The molecular formula is C17H27N3O2. The van der Waals surface area contributed by atoms with Crippen molar-refractivity contribution in [1.82, 2.24) is 9.80 Å². The van der Waals surface area contributed by atoms with Crippen LogP contribution < -0.4 is 5.73 Å². The monoisotopic (exact) mass is 305 g/mol. The first-order chi connectivity index (χ1) is 10.5. The molecule has 5 nitrogen and oxygen atoms in total. The van der Waals surface area contributed by atoms with E-state index in [1.54, 1.807) is 0 Å². The van der Waals surface area contributed by atoms with Gasteiger partial charge in [-0.2, -0.15) is 0 Å². The number of likely N-dealkylation sites (tertiary alicyclic amines) is 2. The Morgan fingerprint density at radius 3 is 2.45 bits per heavy atom. The van der Waals surface area contributed by atoms with Gasteiger partial charge in [0.2, 0.25) is 11.8 Å². The molecule has 0 bridgehead atoms. The average Bonchev–Trinajstić information content (AvgIpc) is 2.97. The molecule has 22 heavy (non-hydrogen) atoms. The second kappa shape index (κ2) is 4.95. The van der Waals surface area contributed by atoms with Crippen LogP contribution in [0.2, 0.25) is 0 Å². The first-order valence-electron chi connectivity index (χ1n) is 8.94. The van der Waals surface area contributed by atoms with Crippen molar-refractivity contribution in [2.24, 2.45) is 11.1 Å². The van der Waals surface area contributed by atoms with Crippen LogP contribution in [0.15, 0.2) is 0 Å². The van der Waals surface area contributed by atoms with Crippen LogP contribution in [0, 0.1) is 5.41 Å². The lowest BCUT2D eigenvalue weighted by molar-refractivity contribution is -0.148. The van der Waals surface area contributed by atoms with E-state index >= 15 is 0 Å². The minimum absolute atomic E-state index is 0.0789. The second-order valence-corrected chi connectivity index (χ2v) is 7.95. The summed E-state index contributed by atoms with van der Waals surface area (Å²) in [5.74, 6) is 0.401. The summed E-state index contributed by atoms with van der Waals surface area (Å²) in [6, 6.07) is 0.457.